The highest BCUT2D eigenvalue weighted by Crippen LogP contribution is 2.23. The normalized spacial score (nSPS) is 13.3. The number of nitrogens with one attached hydrogen (secondary N) is 3. The molecular weight excluding hydrogens is 454 g/mol. The third-order valence-electron chi connectivity index (χ3n) is 5.70. The van der Waals surface area contributed by atoms with E-state index in [0.717, 1.165) is 35.1 Å². The Morgan fingerprint density at radius 2 is 1.50 bits per heavy atom. The van der Waals surface area contributed by atoms with Crippen LogP contribution < -0.4 is 16.1 Å². The van der Waals surface area contributed by atoms with Crippen LogP contribution in [0.4, 0.5) is 0 Å². The zero-order valence-corrected chi connectivity index (χ0v) is 19.6. The molecule has 0 aliphatic heterocycles. The van der Waals surface area contributed by atoms with Gasteiger partial charge in [-0.25, -0.2) is 5.48 Å². The number of hydroxylamine groups is 1. The van der Waals surface area contributed by atoms with Gasteiger partial charge in [-0.1, -0.05) is 66.7 Å². The van der Waals surface area contributed by atoms with E-state index >= 15 is 0 Å². The van der Waals surface area contributed by atoms with Gasteiger partial charge in [-0.3, -0.25) is 19.6 Å². The summed E-state index contributed by atoms with van der Waals surface area (Å²) < 4.78 is 0. The molecule has 4 N–H and O–H groups in total. The summed E-state index contributed by atoms with van der Waals surface area (Å²) >= 11 is 0. The van der Waals surface area contributed by atoms with Gasteiger partial charge in [-0.05, 0) is 59.4 Å². The second-order valence-corrected chi connectivity index (χ2v) is 8.53. The molecule has 36 heavy (non-hydrogen) atoms. The Hall–Kier alpha value is -4.49. The Bertz CT molecular complexity index is 1280. The minimum Gasteiger partial charge on any atom is -0.349 e. The van der Waals surface area contributed by atoms with E-state index in [1.807, 2.05) is 72.8 Å². The highest BCUT2D eigenvalue weighted by atomic mass is 16.5. The topological polar surface area (TPSA) is 108 Å². The average Bonchev–Trinajstić information content (AvgIpc) is 3.74. The summed E-state index contributed by atoms with van der Waals surface area (Å²) in [4.78, 5) is 36.5. The van der Waals surface area contributed by atoms with Crippen molar-refractivity contribution in [3.05, 3.63) is 113 Å². The molecule has 1 aliphatic rings. The quantitative estimate of drug-likeness (QED) is 0.161. The lowest BCUT2D eigenvalue weighted by Crippen LogP contribution is -2.26. The Kier molecular flexibility index (Phi) is 8.05. The van der Waals surface area contributed by atoms with Crippen molar-refractivity contribution < 1.29 is 19.6 Å². The SMILES string of the molecule is O=C(/C=C/c1ccc(CNC(=O)c2ccc(C=C(C(=O)NC3CC3)c3ccccc3)cc2)cc1)NO. The minimum absolute atomic E-state index is 0.0938. The predicted molar refractivity (Wildman–Crippen MR) is 138 cm³/mol. The molecule has 0 unspecified atom stereocenters. The van der Waals surface area contributed by atoms with Crippen molar-refractivity contribution in [2.45, 2.75) is 25.4 Å². The summed E-state index contributed by atoms with van der Waals surface area (Å²) in [6.07, 6.45) is 6.67. The molecular formula is C29H27N3O4. The first-order valence-electron chi connectivity index (χ1n) is 11.7. The summed E-state index contributed by atoms with van der Waals surface area (Å²) in [5.41, 5.74) is 6.01. The Balaban J connectivity index is 1.39. The maximum absolute atomic E-state index is 12.8. The van der Waals surface area contributed by atoms with Crippen LogP contribution in [0.1, 0.15) is 45.5 Å². The van der Waals surface area contributed by atoms with Crippen LogP contribution in [0.5, 0.6) is 0 Å². The third-order valence-corrected chi connectivity index (χ3v) is 5.70. The summed E-state index contributed by atoms with van der Waals surface area (Å²) in [5, 5.41) is 14.5. The second kappa shape index (κ2) is 11.8. The molecule has 7 nitrogen and oxygen atoms in total. The number of hydrogen-bond acceptors (Lipinski definition) is 4. The van der Waals surface area contributed by atoms with Gasteiger partial charge in [0, 0.05) is 29.8 Å². The lowest BCUT2D eigenvalue weighted by Gasteiger charge is -2.10. The van der Waals surface area contributed by atoms with Crippen LogP contribution >= 0.6 is 0 Å². The fourth-order valence-electron chi connectivity index (χ4n) is 3.53. The Labute approximate surface area is 209 Å². The zero-order valence-electron chi connectivity index (χ0n) is 19.6. The zero-order chi connectivity index (χ0) is 25.3. The lowest BCUT2D eigenvalue weighted by molar-refractivity contribution is -0.124. The molecule has 3 amide bonds. The number of amides is 3. The first kappa shape index (κ1) is 24.6. The number of carbonyl (C=O) groups is 3. The molecule has 1 aliphatic carbocycles. The van der Waals surface area contributed by atoms with Crippen LogP contribution in [0.3, 0.4) is 0 Å². The van der Waals surface area contributed by atoms with Crippen molar-refractivity contribution in [3.63, 3.8) is 0 Å². The molecule has 7 heteroatoms. The summed E-state index contributed by atoms with van der Waals surface area (Å²) in [6.45, 7) is 0.348. The smallest absolute Gasteiger partial charge is 0.267 e. The molecule has 3 aromatic carbocycles. The van der Waals surface area contributed by atoms with Gasteiger partial charge in [0.05, 0.1) is 0 Å². The molecule has 0 spiro atoms. The number of benzene rings is 3. The largest absolute Gasteiger partial charge is 0.349 e. The van der Waals surface area contributed by atoms with E-state index < -0.39 is 5.91 Å². The van der Waals surface area contributed by atoms with Crippen LogP contribution in [0.25, 0.3) is 17.7 Å². The molecule has 0 saturated heterocycles. The van der Waals surface area contributed by atoms with Gasteiger partial charge in [-0.15, -0.1) is 0 Å². The predicted octanol–water partition coefficient (Wildman–Crippen LogP) is 3.95. The number of carbonyl (C=O) groups excluding carboxylic acids is 3. The molecule has 0 aromatic heterocycles. The van der Waals surface area contributed by atoms with Gasteiger partial charge in [0.1, 0.15) is 0 Å². The molecule has 0 atom stereocenters. The van der Waals surface area contributed by atoms with Crippen molar-refractivity contribution in [1.82, 2.24) is 16.1 Å². The fourth-order valence-corrected chi connectivity index (χ4v) is 3.53. The van der Waals surface area contributed by atoms with Crippen LogP contribution in [0.2, 0.25) is 0 Å². The van der Waals surface area contributed by atoms with Crippen LogP contribution in [0, 0.1) is 0 Å². The lowest BCUT2D eigenvalue weighted by atomic mass is 10.0. The van der Waals surface area contributed by atoms with Crippen molar-refractivity contribution >= 4 is 35.4 Å². The second-order valence-electron chi connectivity index (χ2n) is 8.53. The summed E-state index contributed by atoms with van der Waals surface area (Å²) in [6, 6.07) is 24.3. The van der Waals surface area contributed by atoms with Crippen molar-refractivity contribution in [1.29, 1.82) is 0 Å². The highest BCUT2D eigenvalue weighted by Gasteiger charge is 2.25. The minimum atomic E-state index is -0.606. The van der Waals surface area contributed by atoms with Gasteiger partial charge >= 0.3 is 0 Å². The van der Waals surface area contributed by atoms with Crippen molar-refractivity contribution in [2.75, 3.05) is 0 Å². The number of hydrogen-bond donors (Lipinski definition) is 4. The first-order valence-corrected chi connectivity index (χ1v) is 11.7. The average molecular weight is 482 g/mol. The highest BCUT2D eigenvalue weighted by molar-refractivity contribution is 6.24. The Morgan fingerprint density at radius 3 is 2.14 bits per heavy atom. The van der Waals surface area contributed by atoms with Crippen LogP contribution in [0.15, 0.2) is 84.9 Å². The van der Waals surface area contributed by atoms with Gasteiger partial charge < -0.3 is 10.6 Å². The monoisotopic (exact) mass is 481 g/mol. The molecule has 0 radical (unpaired) electrons. The fraction of sp³-hybridized carbons (Fsp3) is 0.138. The van der Waals surface area contributed by atoms with E-state index in [2.05, 4.69) is 10.6 Å². The molecule has 0 heterocycles. The summed E-state index contributed by atoms with van der Waals surface area (Å²) in [5.74, 6) is -0.904. The van der Waals surface area contributed by atoms with E-state index in [1.165, 1.54) is 11.6 Å². The molecule has 1 saturated carbocycles. The van der Waals surface area contributed by atoms with Crippen LogP contribution in [-0.2, 0) is 16.1 Å². The first-order chi connectivity index (χ1) is 17.5. The molecule has 1 fully saturated rings. The molecule has 4 rings (SSSR count). The van der Waals surface area contributed by atoms with Gasteiger partial charge in [0.25, 0.3) is 17.7 Å². The van der Waals surface area contributed by atoms with E-state index in [4.69, 9.17) is 5.21 Å². The third kappa shape index (κ3) is 7.01. The van der Waals surface area contributed by atoms with Crippen molar-refractivity contribution in [2.24, 2.45) is 0 Å². The van der Waals surface area contributed by atoms with E-state index in [0.29, 0.717) is 17.7 Å². The van der Waals surface area contributed by atoms with E-state index in [-0.39, 0.29) is 17.9 Å². The van der Waals surface area contributed by atoms with Crippen molar-refractivity contribution in [3.8, 4) is 0 Å². The van der Waals surface area contributed by atoms with Gasteiger partial charge in [0.2, 0.25) is 0 Å². The summed E-state index contributed by atoms with van der Waals surface area (Å²) in [7, 11) is 0. The van der Waals surface area contributed by atoms with E-state index in [1.54, 1.807) is 18.2 Å². The Morgan fingerprint density at radius 1 is 0.833 bits per heavy atom. The maximum Gasteiger partial charge on any atom is 0.267 e. The molecule has 0 bridgehead atoms. The number of rotatable bonds is 9. The van der Waals surface area contributed by atoms with E-state index in [9.17, 15) is 14.4 Å². The molecule has 182 valence electrons. The molecule has 3 aromatic rings. The maximum atomic E-state index is 12.8. The van der Waals surface area contributed by atoms with Gasteiger partial charge in [0.15, 0.2) is 0 Å². The van der Waals surface area contributed by atoms with Gasteiger partial charge in [-0.2, -0.15) is 0 Å². The standard InChI is InChI=1S/C29H27N3O4/c33-27(32-36)17-12-20-6-8-22(9-7-20)19-30-28(34)24-13-10-21(11-14-24)18-26(23-4-2-1-3-5-23)29(35)31-25-15-16-25/h1-14,17-18,25,36H,15-16,19H2,(H,30,34)(H,31,35)(H,32,33)/b17-12+,26-18?. The van der Waals surface area contributed by atoms with Crippen LogP contribution in [-0.4, -0.2) is 29.0 Å².